The van der Waals surface area contributed by atoms with Crippen LogP contribution in [-0.2, 0) is 11.2 Å². The number of benzene rings is 2. The number of carbonyl (C=O) groups is 1. The number of halogens is 1. The maximum atomic E-state index is 14.4. The summed E-state index contributed by atoms with van der Waals surface area (Å²) in [4.78, 5) is 20.6. The van der Waals surface area contributed by atoms with Crippen LogP contribution in [0.2, 0.25) is 0 Å². The number of ether oxygens (including phenoxy) is 3. The lowest BCUT2D eigenvalue weighted by molar-refractivity contribution is 0.0524. The molecular weight excluding hydrogens is 481 g/mol. The van der Waals surface area contributed by atoms with Crippen LogP contribution in [0.5, 0.6) is 11.5 Å². The van der Waals surface area contributed by atoms with E-state index >= 15 is 0 Å². The van der Waals surface area contributed by atoms with Crippen molar-refractivity contribution >= 4 is 22.2 Å². The second kappa shape index (κ2) is 10.7. The third-order valence-corrected chi connectivity index (χ3v) is 7.33. The largest absolute Gasteiger partial charge is 0.497 e. The van der Waals surface area contributed by atoms with Crippen molar-refractivity contribution in [2.45, 2.75) is 25.4 Å². The summed E-state index contributed by atoms with van der Waals surface area (Å²) >= 11 is 1.54. The number of hydrogen-bond donors (Lipinski definition) is 0. The molecule has 188 valence electrons. The molecule has 2 aromatic heterocycles. The van der Waals surface area contributed by atoms with Crippen LogP contribution < -0.4 is 9.47 Å². The third-order valence-electron chi connectivity index (χ3n) is 6.44. The van der Waals surface area contributed by atoms with Gasteiger partial charge >= 0.3 is 0 Å². The molecule has 1 saturated heterocycles. The number of imidazole rings is 1. The minimum Gasteiger partial charge on any atom is -0.497 e. The minimum atomic E-state index is -0.510. The van der Waals surface area contributed by atoms with Gasteiger partial charge in [0.1, 0.15) is 17.3 Å². The van der Waals surface area contributed by atoms with Gasteiger partial charge in [0.05, 0.1) is 31.6 Å². The number of fused-ring (bicyclic) bond motifs is 1. The van der Waals surface area contributed by atoms with Gasteiger partial charge in [-0.3, -0.25) is 9.20 Å². The lowest BCUT2D eigenvalue weighted by atomic mass is 10.1. The van der Waals surface area contributed by atoms with Crippen molar-refractivity contribution in [3.8, 4) is 22.8 Å². The molecule has 0 bridgehead atoms. The molecule has 0 aliphatic carbocycles. The van der Waals surface area contributed by atoms with E-state index in [1.807, 2.05) is 34.2 Å². The van der Waals surface area contributed by atoms with Crippen LogP contribution in [0.4, 0.5) is 4.39 Å². The van der Waals surface area contributed by atoms with E-state index in [0.29, 0.717) is 31.9 Å². The SMILES string of the molecule is COc1ccc(OC)c(-c2cn3c(CCN(CC4CCCO4)C(=O)c4ccccc4F)csc3n2)c1. The van der Waals surface area contributed by atoms with Gasteiger partial charge in [0, 0.05) is 49.0 Å². The van der Waals surface area contributed by atoms with E-state index in [4.69, 9.17) is 19.2 Å². The summed E-state index contributed by atoms with van der Waals surface area (Å²) in [6.07, 6.45) is 4.42. The van der Waals surface area contributed by atoms with E-state index in [1.54, 1.807) is 31.3 Å². The van der Waals surface area contributed by atoms with E-state index in [-0.39, 0.29) is 17.6 Å². The summed E-state index contributed by atoms with van der Waals surface area (Å²) < 4.78 is 33.1. The van der Waals surface area contributed by atoms with Crippen molar-refractivity contribution in [3.05, 3.63) is 71.1 Å². The molecule has 1 fully saturated rings. The van der Waals surface area contributed by atoms with Gasteiger partial charge in [0.15, 0.2) is 4.96 Å². The topological polar surface area (TPSA) is 65.3 Å². The number of methoxy groups -OCH3 is 2. The first-order valence-electron chi connectivity index (χ1n) is 11.9. The summed E-state index contributed by atoms with van der Waals surface area (Å²) in [7, 11) is 3.25. The molecule has 1 unspecified atom stereocenters. The van der Waals surface area contributed by atoms with E-state index in [1.165, 1.54) is 23.5 Å². The van der Waals surface area contributed by atoms with Crippen molar-refractivity contribution in [1.82, 2.24) is 14.3 Å². The Hall–Kier alpha value is -3.43. The van der Waals surface area contributed by atoms with E-state index in [0.717, 1.165) is 40.5 Å². The van der Waals surface area contributed by atoms with E-state index in [9.17, 15) is 9.18 Å². The summed E-state index contributed by atoms with van der Waals surface area (Å²) in [5, 5.41) is 2.05. The summed E-state index contributed by atoms with van der Waals surface area (Å²) in [6, 6.07) is 11.7. The zero-order valence-electron chi connectivity index (χ0n) is 20.3. The molecule has 1 aliphatic rings. The zero-order valence-corrected chi connectivity index (χ0v) is 21.1. The Bertz CT molecular complexity index is 1360. The molecular formula is C27H28FN3O4S. The number of amides is 1. The van der Waals surface area contributed by atoms with Gasteiger partial charge in [0.2, 0.25) is 0 Å². The highest BCUT2D eigenvalue weighted by molar-refractivity contribution is 7.15. The fraction of sp³-hybridized carbons (Fsp3) is 0.333. The first-order chi connectivity index (χ1) is 17.6. The summed E-state index contributed by atoms with van der Waals surface area (Å²) in [6.45, 7) is 1.58. The second-order valence-electron chi connectivity index (χ2n) is 8.69. The number of hydrogen-bond acceptors (Lipinski definition) is 6. The van der Waals surface area contributed by atoms with Crippen molar-refractivity contribution < 1.29 is 23.4 Å². The van der Waals surface area contributed by atoms with Gasteiger partial charge in [-0.2, -0.15) is 0 Å². The fourth-order valence-corrected chi connectivity index (χ4v) is 5.42. The van der Waals surface area contributed by atoms with Gasteiger partial charge in [-0.1, -0.05) is 12.1 Å². The third kappa shape index (κ3) is 4.94. The lowest BCUT2D eigenvalue weighted by Crippen LogP contribution is -2.39. The molecule has 4 aromatic rings. The highest BCUT2D eigenvalue weighted by atomic mass is 32.1. The smallest absolute Gasteiger partial charge is 0.256 e. The van der Waals surface area contributed by atoms with Crippen LogP contribution in [0.1, 0.15) is 28.9 Å². The van der Waals surface area contributed by atoms with Crippen LogP contribution in [0.3, 0.4) is 0 Å². The van der Waals surface area contributed by atoms with E-state index in [2.05, 4.69) is 0 Å². The molecule has 1 atom stereocenters. The first-order valence-corrected chi connectivity index (χ1v) is 12.8. The van der Waals surface area contributed by atoms with Crippen LogP contribution in [0.15, 0.2) is 54.0 Å². The van der Waals surface area contributed by atoms with Crippen molar-refractivity contribution in [1.29, 1.82) is 0 Å². The molecule has 1 aliphatic heterocycles. The van der Waals surface area contributed by atoms with Gasteiger partial charge in [-0.25, -0.2) is 9.37 Å². The number of thiazole rings is 1. The Labute approximate surface area is 213 Å². The maximum absolute atomic E-state index is 14.4. The number of carbonyl (C=O) groups excluding carboxylic acids is 1. The molecule has 0 saturated carbocycles. The molecule has 5 rings (SSSR count). The molecule has 0 radical (unpaired) electrons. The van der Waals surface area contributed by atoms with Crippen LogP contribution in [-0.4, -0.2) is 60.2 Å². The predicted molar refractivity (Wildman–Crippen MR) is 137 cm³/mol. The fourth-order valence-electron chi connectivity index (χ4n) is 4.52. The highest BCUT2D eigenvalue weighted by Gasteiger charge is 2.25. The molecule has 2 aromatic carbocycles. The molecule has 0 spiro atoms. The van der Waals surface area contributed by atoms with Gasteiger partial charge < -0.3 is 19.1 Å². The van der Waals surface area contributed by atoms with Crippen LogP contribution in [0.25, 0.3) is 16.2 Å². The Morgan fingerprint density at radius 3 is 2.86 bits per heavy atom. The van der Waals surface area contributed by atoms with Crippen molar-refractivity contribution in [2.75, 3.05) is 33.9 Å². The number of nitrogens with zero attached hydrogens (tertiary/aromatic N) is 3. The predicted octanol–water partition coefficient (Wildman–Crippen LogP) is 5.08. The Morgan fingerprint density at radius 1 is 1.25 bits per heavy atom. The number of rotatable bonds is 9. The van der Waals surface area contributed by atoms with Gasteiger partial charge in [-0.15, -0.1) is 11.3 Å². The standard InChI is InChI=1S/C27H28FN3O4S/c1-33-19-9-10-25(34-2)22(14-19)24-16-31-18(17-36-27(31)29-24)11-12-30(15-20-6-5-13-35-20)26(32)21-7-3-4-8-23(21)28/h3-4,7-10,14,16-17,20H,5-6,11-13,15H2,1-2H3. The highest BCUT2D eigenvalue weighted by Crippen LogP contribution is 2.34. The summed E-state index contributed by atoms with van der Waals surface area (Å²) in [5.74, 6) is 0.604. The minimum absolute atomic E-state index is 0.0245. The maximum Gasteiger partial charge on any atom is 0.256 e. The first kappa shape index (κ1) is 24.3. The summed E-state index contributed by atoms with van der Waals surface area (Å²) in [5.41, 5.74) is 2.72. The molecule has 1 amide bonds. The molecule has 3 heterocycles. The second-order valence-corrected chi connectivity index (χ2v) is 9.52. The Kier molecular flexibility index (Phi) is 7.20. The number of aromatic nitrogens is 2. The van der Waals surface area contributed by atoms with Crippen LogP contribution in [0, 0.1) is 5.82 Å². The van der Waals surface area contributed by atoms with Gasteiger partial charge in [0.25, 0.3) is 5.91 Å². The quantitative estimate of drug-likeness (QED) is 0.315. The normalized spacial score (nSPS) is 15.4. The molecule has 7 nitrogen and oxygen atoms in total. The Balaban J connectivity index is 1.39. The van der Waals surface area contributed by atoms with Crippen molar-refractivity contribution in [2.24, 2.45) is 0 Å². The zero-order chi connectivity index (χ0) is 25.1. The molecule has 9 heteroatoms. The van der Waals surface area contributed by atoms with Gasteiger partial charge in [-0.05, 0) is 43.2 Å². The van der Waals surface area contributed by atoms with E-state index < -0.39 is 5.82 Å². The lowest BCUT2D eigenvalue weighted by Gasteiger charge is -2.25. The monoisotopic (exact) mass is 509 g/mol. The Morgan fingerprint density at radius 2 is 2.11 bits per heavy atom. The van der Waals surface area contributed by atoms with Crippen LogP contribution >= 0.6 is 11.3 Å². The average molecular weight is 510 g/mol. The molecule has 36 heavy (non-hydrogen) atoms. The average Bonchev–Trinajstić information content (AvgIpc) is 3.64. The molecule has 0 N–H and O–H groups in total. The van der Waals surface area contributed by atoms with Crippen molar-refractivity contribution in [3.63, 3.8) is 0 Å².